The van der Waals surface area contributed by atoms with Crippen LogP contribution in [0.15, 0.2) is 0 Å². The van der Waals surface area contributed by atoms with Crippen LogP contribution in [0.1, 0.15) is 48.0 Å². The van der Waals surface area contributed by atoms with Crippen molar-refractivity contribution in [1.29, 1.82) is 0 Å². The van der Waals surface area contributed by atoms with Gasteiger partial charge in [-0.1, -0.05) is 20.8 Å². The predicted molar refractivity (Wildman–Crippen MR) is 85.4 cm³/mol. The largest absolute Gasteiger partial charge is 0.379 e. The van der Waals surface area contributed by atoms with Crippen LogP contribution in [-0.4, -0.2) is 66.4 Å². The van der Waals surface area contributed by atoms with Crippen LogP contribution in [-0.2, 0) is 4.74 Å². The number of morpholine rings is 1. The highest BCUT2D eigenvalue weighted by Gasteiger charge is 2.50. The van der Waals surface area contributed by atoms with Gasteiger partial charge in [0.2, 0.25) is 0 Å². The molecule has 0 bridgehead atoms. The van der Waals surface area contributed by atoms with Crippen molar-refractivity contribution in [3.63, 3.8) is 0 Å². The number of likely N-dealkylation sites (tertiary alicyclic amines) is 1. The van der Waals surface area contributed by atoms with Crippen molar-refractivity contribution in [2.45, 2.75) is 71.8 Å². The molecule has 2 fully saturated rings. The molecule has 2 aliphatic rings. The Bertz CT molecular complexity index is 342. The maximum Gasteiger partial charge on any atom is 0.118 e. The average molecular weight is 300 g/mol. The van der Waals surface area contributed by atoms with Gasteiger partial charge in [-0.25, -0.2) is 4.39 Å². The Hall–Kier alpha value is -0.190. The first kappa shape index (κ1) is 17.2. The number of ether oxygens (including phenoxy) is 1. The minimum absolute atomic E-state index is 0.00423. The fourth-order valence-electron chi connectivity index (χ4n) is 3.88. The van der Waals surface area contributed by atoms with E-state index in [1.807, 2.05) is 0 Å². The highest BCUT2D eigenvalue weighted by atomic mass is 19.1. The van der Waals surface area contributed by atoms with Crippen molar-refractivity contribution in [2.24, 2.45) is 5.41 Å². The molecule has 0 aromatic carbocycles. The molecule has 0 spiro atoms. The second-order valence-corrected chi connectivity index (χ2v) is 8.69. The van der Waals surface area contributed by atoms with Crippen LogP contribution in [0.4, 0.5) is 4.39 Å². The monoisotopic (exact) mass is 300 g/mol. The van der Waals surface area contributed by atoms with Crippen LogP contribution in [0.25, 0.3) is 0 Å². The number of nitrogens with zero attached hydrogens (tertiary/aromatic N) is 2. The summed E-state index contributed by atoms with van der Waals surface area (Å²) >= 11 is 0. The molecule has 3 nitrogen and oxygen atoms in total. The third kappa shape index (κ3) is 3.96. The SMILES string of the molecule is CC(C)(C)[C@@H]1C[C@@H](F)[C@@H](CN2CCOCC2)N1C(C)(C)C. The fourth-order valence-corrected chi connectivity index (χ4v) is 3.88. The summed E-state index contributed by atoms with van der Waals surface area (Å²) in [6.07, 6.45) is -0.0632. The number of alkyl halides is 1. The highest BCUT2D eigenvalue weighted by Crippen LogP contribution is 2.42. The maximum atomic E-state index is 14.8. The van der Waals surface area contributed by atoms with Gasteiger partial charge in [0.15, 0.2) is 0 Å². The molecule has 0 amide bonds. The summed E-state index contributed by atoms with van der Waals surface area (Å²) in [5, 5.41) is 0. The molecule has 0 N–H and O–H groups in total. The first-order valence-corrected chi connectivity index (χ1v) is 8.33. The summed E-state index contributed by atoms with van der Waals surface area (Å²) in [6.45, 7) is 17.6. The third-order valence-electron chi connectivity index (χ3n) is 4.88. The molecule has 0 radical (unpaired) electrons. The number of hydrogen-bond donors (Lipinski definition) is 0. The van der Waals surface area contributed by atoms with Crippen LogP contribution in [0.5, 0.6) is 0 Å². The van der Waals surface area contributed by atoms with Gasteiger partial charge >= 0.3 is 0 Å². The zero-order chi connectivity index (χ0) is 15.8. The van der Waals surface area contributed by atoms with Crippen molar-refractivity contribution < 1.29 is 9.13 Å². The molecule has 2 saturated heterocycles. The molecule has 0 aromatic rings. The van der Waals surface area contributed by atoms with E-state index in [-0.39, 0.29) is 17.0 Å². The molecule has 4 heteroatoms. The van der Waals surface area contributed by atoms with Gasteiger partial charge in [-0.3, -0.25) is 9.80 Å². The Morgan fingerprint density at radius 3 is 2.10 bits per heavy atom. The van der Waals surface area contributed by atoms with E-state index in [4.69, 9.17) is 4.74 Å². The molecular formula is C17H33FN2O. The molecule has 21 heavy (non-hydrogen) atoms. The topological polar surface area (TPSA) is 15.7 Å². The number of halogens is 1. The Morgan fingerprint density at radius 1 is 1.05 bits per heavy atom. The summed E-state index contributed by atoms with van der Waals surface area (Å²) in [7, 11) is 0. The van der Waals surface area contributed by atoms with Crippen molar-refractivity contribution in [2.75, 3.05) is 32.8 Å². The van der Waals surface area contributed by atoms with Gasteiger partial charge < -0.3 is 4.74 Å². The lowest BCUT2D eigenvalue weighted by Gasteiger charge is -2.47. The van der Waals surface area contributed by atoms with Crippen LogP contribution in [0, 0.1) is 5.41 Å². The average Bonchev–Trinajstić information content (AvgIpc) is 2.68. The standard InChI is InChI=1S/C17H33FN2O/c1-16(2,3)15-11-13(18)14(20(15)17(4,5)6)12-19-7-9-21-10-8-19/h13-15H,7-12H2,1-6H3/t13-,14-,15+/m1/s1. The summed E-state index contributed by atoms with van der Waals surface area (Å²) < 4.78 is 20.2. The minimum Gasteiger partial charge on any atom is -0.379 e. The highest BCUT2D eigenvalue weighted by molar-refractivity contribution is 5.04. The maximum absolute atomic E-state index is 14.8. The first-order chi connectivity index (χ1) is 9.60. The summed E-state index contributed by atoms with van der Waals surface area (Å²) in [5.74, 6) is 0. The second-order valence-electron chi connectivity index (χ2n) is 8.69. The normalized spacial score (nSPS) is 33.6. The Morgan fingerprint density at radius 2 is 1.62 bits per heavy atom. The molecular weight excluding hydrogens is 267 g/mol. The van der Waals surface area contributed by atoms with E-state index in [0.29, 0.717) is 12.5 Å². The quantitative estimate of drug-likeness (QED) is 0.780. The minimum atomic E-state index is -0.726. The lowest BCUT2D eigenvalue weighted by molar-refractivity contribution is -0.0156. The molecule has 2 aliphatic heterocycles. The predicted octanol–water partition coefficient (Wildman–Crippen LogP) is 2.94. The van der Waals surface area contributed by atoms with Gasteiger partial charge in [0.1, 0.15) is 6.17 Å². The molecule has 0 saturated carbocycles. The molecule has 2 heterocycles. The summed E-state index contributed by atoms with van der Waals surface area (Å²) in [4.78, 5) is 4.82. The van der Waals surface area contributed by atoms with Crippen molar-refractivity contribution in [1.82, 2.24) is 9.80 Å². The molecule has 0 aromatic heterocycles. The van der Waals surface area contributed by atoms with Gasteiger partial charge in [0.05, 0.1) is 19.3 Å². The molecule has 124 valence electrons. The first-order valence-electron chi connectivity index (χ1n) is 8.33. The van der Waals surface area contributed by atoms with E-state index in [9.17, 15) is 4.39 Å². The summed E-state index contributed by atoms with van der Waals surface area (Å²) in [6, 6.07) is 0.311. The van der Waals surface area contributed by atoms with E-state index in [1.54, 1.807) is 0 Å². The van der Waals surface area contributed by atoms with Crippen LogP contribution in [0.3, 0.4) is 0 Å². The fraction of sp³-hybridized carbons (Fsp3) is 1.00. The van der Waals surface area contributed by atoms with Gasteiger partial charge in [-0.2, -0.15) is 0 Å². The Kier molecular flexibility index (Phi) is 5.01. The molecule has 0 aliphatic carbocycles. The summed E-state index contributed by atoms with van der Waals surface area (Å²) in [5.41, 5.74) is 0.104. The Balaban J connectivity index is 2.16. The van der Waals surface area contributed by atoms with Crippen LogP contribution < -0.4 is 0 Å². The van der Waals surface area contributed by atoms with E-state index < -0.39 is 6.17 Å². The van der Waals surface area contributed by atoms with E-state index in [2.05, 4.69) is 51.3 Å². The van der Waals surface area contributed by atoms with E-state index in [1.165, 1.54) is 0 Å². The number of hydrogen-bond acceptors (Lipinski definition) is 3. The third-order valence-corrected chi connectivity index (χ3v) is 4.88. The number of rotatable bonds is 2. The Labute approximate surface area is 129 Å². The van der Waals surface area contributed by atoms with Gasteiger partial charge in [-0.15, -0.1) is 0 Å². The van der Waals surface area contributed by atoms with Crippen molar-refractivity contribution >= 4 is 0 Å². The zero-order valence-electron chi connectivity index (χ0n) is 14.7. The molecule has 0 unspecified atom stereocenters. The second kappa shape index (κ2) is 6.13. The molecule has 2 rings (SSSR count). The smallest absolute Gasteiger partial charge is 0.118 e. The van der Waals surface area contributed by atoms with E-state index >= 15 is 0 Å². The van der Waals surface area contributed by atoms with E-state index in [0.717, 1.165) is 32.8 Å². The van der Waals surface area contributed by atoms with Crippen LogP contribution in [0.2, 0.25) is 0 Å². The van der Waals surface area contributed by atoms with Gasteiger partial charge in [-0.05, 0) is 32.6 Å². The van der Waals surface area contributed by atoms with Crippen molar-refractivity contribution in [3.05, 3.63) is 0 Å². The molecule has 3 atom stereocenters. The van der Waals surface area contributed by atoms with Crippen molar-refractivity contribution in [3.8, 4) is 0 Å². The lowest BCUT2D eigenvalue weighted by Crippen LogP contribution is -2.57. The van der Waals surface area contributed by atoms with Crippen LogP contribution >= 0.6 is 0 Å². The van der Waals surface area contributed by atoms with Gasteiger partial charge in [0, 0.05) is 31.2 Å². The lowest BCUT2D eigenvalue weighted by atomic mass is 9.83. The van der Waals surface area contributed by atoms with Gasteiger partial charge in [0.25, 0.3) is 0 Å². The zero-order valence-corrected chi connectivity index (χ0v) is 14.7.